The molecule has 0 saturated heterocycles. The van der Waals surface area contributed by atoms with Gasteiger partial charge >= 0.3 is 12.1 Å². The van der Waals surface area contributed by atoms with Crippen molar-refractivity contribution in [3.8, 4) is 0 Å². The van der Waals surface area contributed by atoms with Crippen LogP contribution < -0.4 is 5.32 Å². The standard InChI is InChI=1S/C24H29N3O5/c1-16(2)14-15-27(24(30)31)23(29)26-19(13-12-17-8-4-3-5-9-17)21(28)22-25-18-10-6-7-11-20(18)32-22/h3-11,16,19,21,28H,12-15H2,1-2H3,(H,26,29)(H,30,31)/t19-,21?/m0/s1. The van der Waals surface area contributed by atoms with E-state index in [9.17, 15) is 19.8 Å². The van der Waals surface area contributed by atoms with Crippen molar-refractivity contribution in [2.45, 2.75) is 45.3 Å². The topological polar surface area (TPSA) is 116 Å². The molecule has 170 valence electrons. The Morgan fingerprint density at radius 1 is 1.06 bits per heavy atom. The molecule has 0 saturated carbocycles. The Morgan fingerprint density at radius 2 is 1.75 bits per heavy atom. The molecule has 2 atom stereocenters. The van der Waals surface area contributed by atoms with Crippen LogP contribution in [0.3, 0.4) is 0 Å². The van der Waals surface area contributed by atoms with Gasteiger partial charge in [-0.05, 0) is 42.9 Å². The average molecular weight is 440 g/mol. The molecular formula is C24H29N3O5. The van der Waals surface area contributed by atoms with Gasteiger partial charge in [-0.2, -0.15) is 0 Å². The number of nitrogens with zero attached hydrogens (tertiary/aromatic N) is 2. The number of aryl methyl sites for hydroxylation is 1. The van der Waals surface area contributed by atoms with Crippen LogP contribution in [-0.4, -0.2) is 44.8 Å². The molecule has 0 radical (unpaired) electrons. The Morgan fingerprint density at radius 3 is 2.41 bits per heavy atom. The molecule has 0 aliphatic heterocycles. The number of amides is 3. The third-order valence-electron chi connectivity index (χ3n) is 5.25. The van der Waals surface area contributed by atoms with E-state index >= 15 is 0 Å². The molecule has 1 unspecified atom stereocenters. The molecule has 32 heavy (non-hydrogen) atoms. The molecule has 0 aliphatic carbocycles. The minimum absolute atomic E-state index is 0.0726. The zero-order valence-electron chi connectivity index (χ0n) is 18.3. The van der Waals surface area contributed by atoms with Crippen LogP contribution in [0.15, 0.2) is 59.0 Å². The Balaban J connectivity index is 1.80. The van der Waals surface area contributed by atoms with Gasteiger partial charge in [0.1, 0.15) is 5.52 Å². The normalized spacial score (nSPS) is 13.1. The van der Waals surface area contributed by atoms with E-state index in [4.69, 9.17) is 4.42 Å². The van der Waals surface area contributed by atoms with Crippen molar-refractivity contribution in [2.24, 2.45) is 5.92 Å². The molecule has 0 bridgehead atoms. The second-order valence-electron chi connectivity index (χ2n) is 8.16. The second-order valence-corrected chi connectivity index (χ2v) is 8.16. The Bertz CT molecular complexity index is 1000. The highest BCUT2D eigenvalue weighted by molar-refractivity contribution is 5.90. The summed E-state index contributed by atoms with van der Waals surface area (Å²) in [6.07, 6.45) is -1.09. The first-order valence-corrected chi connectivity index (χ1v) is 10.7. The van der Waals surface area contributed by atoms with E-state index in [1.54, 1.807) is 18.2 Å². The molecule has 1 heterocycles. The third-order valence-corrected chi connectivity index (χ3v) is 5.25. The third kappa shape index (κ3) is 6.07. The number of aliphatic hydroxyl groups is 1. The SMILES string of the molecule is CC(C)CCN(C(=O)O)C(=O)N[C@@H](CCc1ccccc1)C(O)c1nc2ccccc2o1. The van der Waals surface area contributed by atoms with E-state index in [2.05, 4.69) is 10.3 Å². The van der Waals surface area contributed by atoms with E-state index in [0.717, 1.165) is 10.5 Å². The van der Waals surface area contributed by atoms with E-state index < -0.39 is 24.3 Å². The minimum Gasteiger partial charge on any atom is -0.465 e. The van der Waals surface area contributed by atoms with Crippen molar-refractivity contribution in [3.05, 3.63) is 66.1 Å². The fraction of sp³-hybridized carbons (Fsp3) is 0.375. The Kier molecular flexibility index (Phi) is 7.83. The summed E-state index contributed by atoms with van der Waals surface area (Å²) in [6.45, 7) is 3.98. The highest BCUT2D eigenvalue weighted by Crippen LogP contribution is 2.24. The largest absolute Gasteiger partial charge is 0.465 e. The van der Waals surface area contributed by atoms with Crippen LogP contribution in [0.5, 0.6) is 0 Å². The first-order chi connectivity index (χ1) is 15.3. The number of hydrogen-bond acceptors (Lipinski definition) is 5. The number of carbonyl (C=O) groups excluding carboxylic acids is 1. The molecule has 1 aromatic heterocycles. The molecule has 0 aliphatic rings. The highest BCUT2D eigenvalue weighted by atomic mass is 16.4. The van der Waals surface area contributed by atoms with E-state index in [0.29, 0.717) is 30.4 Å². The predicted octanol–water partition coefficient (Wildman–Crippen LogP) is 4.60. The summed E-state index contributed by atoms with van der Waals surface area (Å²) in [6, 6.07) is 15.2. The number of hydrogen-bond donors (Lipinski definition) is 3. The molecule has 0 fully saturated rings. The molecule has 3 rings (SSSR count). The number of aliphatic hydroxyl groups excluding tert-OH is 1. The number of urea groups is 1. The summed E-state index contributed by atoms with van der Waals surface area (Å²) >= 11 is 0. The summed E-state index contributed by atoms with van der Waals surface area (Å²) in [5.41, 5.74) is 2.16. The Hall–Kier alpha value is -3.39. The number of carbonyl (C=O) groups is 2. The zero-order chi connectivity index (χ0) is 23.1. The first-order valence-electron chi connectivity index (χ1n) is 10.7. The monoisotopic (exact) mass is 439 g/mol. The van der Waals surface area contributed by atoms with Crippen LogP contribution in [0.2, 0.25) is 0 Å². The number of oxazole rings is 1. The number of benzene rings is 2. The Labute approximate surface area is 186 Å². The quantitative estimate of drug-likeness (QED) is 0.449. The molecule has 3 amide bonds. The van der Waals surface area contributed by atoms with Crippen molar-refractivity contribution in [2.75, 3.05) is 6.54 Å². The number of carboxylic acid groups (broad SMARTS) is 1. The van der Waals surface area contributed by atoms with Gasteiger partial charge in [0.2, 0.25) is 5.89 Å². The van der Waals surface area contributed by atoms with Gasteiger partial charge < -0.3 is 19.9 Å². The van der Waals surface area contributed by atoms with Crippen LogP contribution >= 0.6 is 0 Å². The summed E-state index contributed by atoms with van der Waals surface area (Å²) in [5.74, 6) is 0.317. The number of aromatic nitrogens is 1. The van der Waals surface area contributed by atoms with Crippen molar-refractivity contribution in [1.29, 1.82) is 0 Å². The van der Waals surface area contributed by atoms with Gasteiger partial charge in [-0.25, -0.2) is 19.5 Å². The number of rotatable bonds is 9. The molecule has 2 aromatic carbocycles. The maximum atomic E-state index is 12.8. The lowest BCUT2D eigenvalue weighted by Gasteiger charge is -2.26. The maximum absolute atomic E-state index is 12.8. The van der Waals surface area contributed by atoms with Crippen LogP contribution in [-0.2, 0) is 6.42 Å². The van der Waals surface area contributed by atoms with Gasteiger partial charge in [0.05, 0.1) is 6.04 Å². The summed E-state index contributed by atoms with van der Waals surface area (Å²) in [5, 5.41) is 23.2. The summed E-state index contributed by atoms with van der Waals surface area (Å²) in [7, 11) is 0. The van der Waals surface area contributed by atoms with Crippen molar-refractivity contribution in [1.82, 2.24) is 15.2 Å². The van der Waals surface area contributed by atoms with Gasteiger partial charge in [0, 0.05) is 6.54 Å². The molecule has 0 spiro atoms. The molecule has 8 heteroatoms. The lowest BCUT2D eigenvalue weighted by molar-refractivity contribution is 0.0941. The number of para-hydroxylation sites is 2. The van der Waals surface area contributed by atoms with Crippen LogP contribution in [0, 0.1) is 5.92 Å². The van der Waals surface area contributed by atoms with Gasteiger partial charge in [-0.3, -0.25) is 0 Å². The number of imide groups is 1. The lowest BCUT2D eigenvalue weighted by atomic mass is 10.0. The fourth-order valence-corrected chi connectivity index (χ4v) is 3.37. The average Bonchev–Trinajstić information content (AvgIpc) is 3.21. The number of fused-ring (bicyclic) bond motifs is 1. The maximum Gasteiger partial charge on any atom is 0.415 e. The predicted molar refractivity (Wildman–Crippen MR) is 120 cm³/mol. The van der Waals surface area contributed by atoms with Gasteiger partial charge in [-0.1, -0.05) is 56.3 Å². The number of nitrogens with one attached hydrogen (secondary N) is 1. The van der Waals surface area contributed by atoms with E-state index in [-0.39, 0.29) is 18.4 Å². The summed E-state index contributed by atoms with van der Waals surface area (Å²) in [4.78, 5) is 29.5. The lowest BCUT2D eigenvalue weighted by Crippen LogP contribution is -2.49. The first kappa shape index (κ1) is 23.3. The van der Waals surface area contributed by atoms with Gasteiger partial charge in [-0.15, -0.1) is 0 Å². The van der Waals surface area contributed by atoms with Crippen molar-refractivity contribution >= 4 is 23.2 Å². The van der Waals surface area contributed by atoms with Crippen LogP contribution in [0.25, 0.3) is 11.1 Å². The summed E-state index contributed by atoms with van der Waals surface area (Å²) < 4.78 is 5.69. The minimum atomic E-state index is -1.33. The van der Waals surface area contributed by atoms with Crippen molar-refractivity contribution < 1.29 is 24.2 Å². The van der Waals surface area contributed by atoms with Crippen molar-refractivity contribution in [3.63, 3.8) is 0 Å². The van der Waals surface area contributed by atoms with Gasteiger partial charge in [0.25, 0.3) is 0 Å². The van der Waals surface area contributed by atoms with E-state index in [1.807, 2.05) is 50.2 Å². The molecule has 3 N–H and O–H groups in total. The van der Waals surface area contributed by atoms with Gasteiger partial charge in [0.15, 0.2) is 11.7 Å². The molecule has 8 nitrogen and oxygen atoms in total. The smallest absolute Gasteiger partial charge is 0.415 e. The molecular weight excluding hydrogens is 410 g/mol. The van der Waals surface area contributed by atoms with Crippen LogP contribution in [0.4, 0.5) is 9.59 Å². The fourth-order valence-electron chi connectivity index (χ4n) is 3.37. The van der Waals surface area contributed by atoms with E-state index in [1.165, 1.54) is 0 Å². The molecule has 3 aromatic rings. The second kappa shape index (κ2) is 10.8. The zero-order valence-corrected chi connectivity index (χ0v) is 18.3. The van der Waals surface area contributed by atoms with Crippen LogP contribution in [0.1, 0.15) is 44.2 Å². The highest BCUT2D eigenvalue weighted by Gasteiger charge is 2.30.